The number of amides is 3. The van der Waals surface area contributed by atoms with E-state index < -0.39 is 23.8 Å². The van der Waals surface area contributed by atoms with Crippen LogP contribution in [0.4, 0.5) is 0 Å². The third-order valence-electron chi connectivity index (χ3n) is 3.76. The topological polar surface area (TPSA) is 108 Å². The van der Waals surface area contributed by atoms with Crippen molar-refractivity contribution in [3.05, 3.63) is 35.5 Å². The van der Waals surface area contributed by atoms with Crippen LogP contribution < -0.4 is 10.6 Å². The van der Waals surface area contributed by atoms with E-state index in [1.165, 1.54) is 6.92 Å². The number of imide groups is 1. The highest BCUT2D eigenvalue weighted by Crippen LogP contribution is 2.23. The summed E-state index contributed by atoms with van der Waals surface area (Å²) < 4.78 is 0. The Morgan fingerprint density at radius 2 is 1.78 bits per heavy atom. The minimum absolute atomic E-state index is 0.0369. The van der Waals surface area contributed by atoms with Crippen molar-refractivity contribution < 1.29 is 19.2 Å². The SMILES string of the molecule is CC(=O)c1[nH]c2ccccc2c1C(=O)NC1CC(=O)NC(=O)C1. The maximum atomic E-state index is 12.6. The Hall–Kier alpha value is -2.96. The van der Waals surface area contributed by atoms with Gasteiger partial charge in [0.2, 0.25) is 11.8 Å². The van der Waals surface area contributed by atoms with Gasteiger partial charge in [-0.25, -0.2) is 0 Å². The van der Waals surface area contributed by atoms with Crippen molar-refractivity contribution in [2.24, 2.45) is 0 Å². The summed E-state index contributed by atoms with van der Waals surface area (Å²) in [5, 5.41) is 5.49. The van der Waals surface area contributed by atoms with Gasteiger partial charge in [-0.2, -0.15) is 0 Å². The number of hydrogen-bond acceptors (Lipinski definition) is 4. The lowest BCUT2D eigenvalue weighted by atomic mass is 10.0. The molecule has 23 heavy (non-hydrogen) atoms. The summed E-state index contributed by atoms with van der Waals surface area (Å²) in [6, 6.07) is 6.52. The third-order valence-corrected chi connectivity index (χ3v) is 3.76. The van der Waals surface area contributed by atoms with E-state index in [9.17, 15) is 19.2 Å². The molecule has 0 unspecified atom stereocenters. The molecule has 2 heterocycles. The van der Waals surface area contributed by atoms with Gasteiger partial charge in [-0.3, -0.25) is 24.5 Å². The quantitative estimate of drug-likeness (QED) is 0.578. The fourth-order valence-electron chi connectivity index (χ4n) is 2.78. The number of rotatable bonds is 3. The average Bonchev–Trinajstić information content (AvgIpc) is 2.85. The number of hydrogen-bond donors (Lipinski definition) is 3. The van der Waals surface area contributed by atoms with Gasteiger partial charge < -0.3 is 10.3 Å². The van der Waals surface area contributed by atoms with E-state index >= 15 is 0 Å². The number of benzene rings is 1. The molecule has 0 atom stereocenters. The highest BCUT2D eigenvalue weighted by molar-refractivity contribution is 6.15. The zero-order valence-corrected chi connectivity index (χ0v) is 12.4. The fourth-order valence-corrected chi connectivity index (χ4v) is 2.78. The monoisotopic (exact) mass is 313 g/mol. The van der Waals surface area contributed by atoms with Crippen molar-refractivity contribution in [2.45, 2.75) is 25.8 Å². The van der Waals surface area contributed by atoms with E-state index in [-0.39, 0.29) is 29.9 Å². The lowest BCUT2D eigenvalue weighted by Crippen LogP contribution is -2.48. The number of Topliss-reactive ketones (excluding diaryl/α,β-unsaturated/α-hetero) is 1. The normalized spacial score (nSPS) is 15.5. The minimum Gasteiger partial charge on any atom is -0.351 e. The summed E-state index contributed by atoms with van der Waals surface area (Å²) in [5.74, 6) is -1.57. The van der Waals surface area contributed by atoms with Crippen molar-refractivity contribution in [3.63, 3.8) is 0 Å². The van der Waals surface area contributed by atoms with E-state index in [2.05, 4.69) is 15.6 Å². The standard InChI is InChI=1S/C16H15N3O4/c1-8(20)15-14(10-4-2-3-5-11(10)18-15)16(23)17-9-6-12(21)19-13(22)7-9/h2-5,9,18H,6-7H2,1H3,(H,17,23)(H,19,21,22). The van der Waals surface area contributed by atoms with Crippen molar-refractivity contribution in [2.75, 3.05) is 0 Å². The van der Waals surface area contributed by atoms with E-state index in [4.69, 9.17) is 0 Å². The van der Waals surface area contributed by atoms with Gasteiger partial charge in [0.05, 0.1) is 11.3 Å². The molecule has 7 nitrogen and oxygen atoms in total. The molecule has 1 aromatic heterocycles. The zero-order valence-electron chi connectivity index (χ0n) is 12.4. The first-order valence-corrected chi connectivity index (χ1v) is 7.21. The number of nitrogens with one attached hydrogen (secondary N) is 3. The van der Waals surface area contributed by atoms with Crippen molar-refractivity contribution in [1.29, 1.82) is 0 Å². The molecule has 3 rings (SSSR count). The van der Waals surface area contributed by atoms with E-state index in [1.54, 1.807) is 24.3 Å². The van der Waals surface area contributed by atoms with Gasteiger partial charge in [0.15, 0.2) is 5.78 Å². The molecule has 7 heteroatoms. The molecule has 0 bridgehead atoms. The molecule has 118 valence electrons. The average molecular weight is 313 g/mol. The molecule has 1 aliphatic rings. The van der Waals surface area contributed by atoms with E-state index in [0.29, 0.717) is 10.9 Å². The minimum atomic E-state index is -0.572. The molecule has 1 aromatic carbocycles. The van der Waals surface area contributed by atoms with Crippen LogP contribution in [0.2, 0.25) is 0 Å². The highest BCUT2D eigenvalue weighted by atomic mass is 16.2. The van der Waals surface area contributed by atoms with Crippen LogP contribution in [0.3, 0.4) is 0 Å². The number of piperidine rings is 1. The van der Waals surface area contributed by atoms with Gasteiger partial charge in [0.25, 0.3) is 5.91 Å². The number of aromatic amines is 1. The number of para-hydroxylation sites is 1. The molecule has 2 aromatic rings. The third kappa shape index (κ3) is 2.85. The number of aromatic nitrogens is 1. The molecule has 0 spiro atoms. The van der Waals surface area contributed by atoms with Gasteiger partial charge in [-0.15, -0.1) is 0 Å². The van der Waals surface area contributed by atoms with Crippen molar-refractivity contribution in [3.8, 4) is 0 Å². The first-order chi connectivity index (χ1) is 11.0. The Kier molecular flexibility index (Phi) is 3.69. The second-order valence-electron chi connectivity index (χ2n) is 5.53. The van der Waals surface area contributed by atoms with Crippen LogP contribution in [0.1, 0.15) is 40.6 Å². The molecule has 3 amide bonds. The molecule has 0 saturated carbocycles. The summed E-state index contributed by atoms with van der Waals surface area (Å²) in [5.41, 5.74) is 1.14. The second-order valence-corrected chi connectivity index (χ2v) is 5.53. The molecule has 1 fully saturated rings. The predicted molar refractivity (Wildman–Crippen MR) is 81.9 cm³/mol. The molecule has 1 aliphatic heterocycles. The van der Waals surface area contributed by atoms with Gasteiger partial charge in [-0.1, -0.05) is 18.2 Å². The Labute approximate surface area is 131 Å². The smallest absolute Gasteiger partial charge is 0.254 e. The first-order valence-electron chi connectivity index (χ1n) is 7.21. The molecule has 3 N–H and O–H groups in total. The lowest BCUT2D eigenvalue weighted by Gasteiger charge is -2.22. The number of fused-ring (bicyclic) bond motifs is 1. The van der Waals surface area contributed by atoms with Crippen LogP contribution in [-0.4, -0.2) is 34.5 Å². The number of carbonyl (C=O) groups is 4. The predicted octanol–water partition coefficient (Wildman–Crippen LogP) is 0.905. The zero-order chi connectivity index (χ0) is 16.6. The van der Waals surface area contributed by atoms with Crippen molar-refractivity contribution in [1.82, 2.24) is 15.6 Å². The van der Waals surface area contributed by atoms with Gasteiger partial charge in [-0.05, 0) is 6.07 Å². The Balaban J connectivity index is 1.94. The van der Waals surface area contributed by atoms with Crippen LogP contribution in [0, 0.1) is 0 Å². The van der Waals surface area contributed by atoms with Crippen LogP contribution in [-0.2, 0) is 9.59 Å². The van der Waals surface area contributed by atoms with Gasteiger partial charge >= 0.3 is 0 Å². The second kappa shape index (κ2) is 5.68. The van der Waals surface area contributed by atoms with Crippen LogP contribution >= 0.6 is 0 Å². The maximum Gasteiger partial charge on any atom is 0.254 e. The van der Waals surface area contributed by atoms with Crippen LogP contribution in [0.15, 0.2) is 24.3 Å². The molecule has 0 radical (unpaired) electrons. The number of H-pyrrole nitrogens is 1. The summed E-state index contributed by atoms with van der Waals surface area (Å²) in [7, 11) is 0. The fraction of sp³-hybridized carbons (Fsp3) is 0.250. The molecule has 1 saturated heterocycles. The maximum absolute atomic E-state index is 12.6. The Morgan fingerprint density at radius 3 is 2.43 bits per heavy atom. The first kappa shape index (κ1) is 15.0. The van der Waals surface area contributed by atoms with E-state index in [0.717, 1.165) is 0 Å². The molecule has 0 aliphatic carbocycles. The largest absolute Gasteiger partial charge is 0.351 e. The summed E-state index contributed by atoms with van der Waals surface area (Å²) in [6.45, 7) is 1.37. The summed E-state index contributed by atoms with van der Waals surface area (Å²) >= 11 is 0. The lowest BCUT2D eigenvalue weighted by molar-refractivity contribution is -0.133. The van der Waals surface area contributed by atoms with Crippen LogP contribution in [0.5, 0.6) is 0 Å². The molecular formula is C16H15N3O4. The Bertz CT molecular complexity index is 821. The number of ketones is 1. The van der Waals surface area contributed by atoms with Gasteiger partial charge in [0.1, 0.15) is 0 Å². The summed E-state index contributed by atoms with van der Waals surface area (Å²) in [6.07, 6.45) is 0.0739. The molecular weight excluding hydrogens is 298 g/mol. The van der Waals surface area contributed by atoms with Crippen molar-refractivity contribution >= 4 is 34.4 Å². The Morgan fingerprint density at radius 1 is 1.13 bits per heavy atom. The summed E-state index contributed by atoms with van der Waals surface area (Å²) in [4.78, 5) is 50.1. The van der Waals surface area contributed by atoms with Gasteiger partial charge in [0, 0.05) is 36.7 Å². The number of carbonyl (C=O) groups excluding carboxylic acids is 4. The van der Waals surface area contributed by atoms with E-state index in [1.807, 2.05) is 0 Å². The highest BCUT2D eigenvalue weighted by Gasteiger charge is 2.28. The van der Waals surface area contributed by atoms with Crippen LogP contribution in [0.25, 0.3) is 10.9 Å².